The largest absolute Gasteiger partial charge is 0.464 e. The van der Waals surface area contributed by atoms with Gasteiger partial charge in [-0.1, -0.05) is 6.92 Å². The lowest BCUT2D eigenvalue weighted by Crippen LogP contribution is -2.13. The van der Waals surface area contributed by atoms with Crippen molar-refractivity contribution in [1.29, 1.82) is 0 Å². The van der Waals surface area contributed by atoms with E-state index in [-0.39, 0.29) is 0 Å². The molecule has 1 saturated carbocycles. The second-order valence-corrected chi connectivity index (χ2v) is 4.93. The number of nitrogens with one attached hydrogen (secondary N) is 1. The normalized spacial score (nSPS) is 22.1. The molecular weight excluding hydrogens is 226 g/mol. The smallest absolute Gasteiger partial charge is 0.117 e. The molecule has 3 rings (SSSR count). The second kappa shape index (κ2) is 4.90. The number of hydrogen-bond acceptors (Lipinski definition) is 4. The van der Waals surface area contributed by atoms with Gasteiger partial charge < -0.3 is 9.73 Å². The Kier molecular flexibility index (Phi) is 3.11. The van der Waals surface area contributed by atoms with E-state index in [1.54, 1.807) is 12.5 Å². The van der Waals surface area contributed by atoms with Crippen LogP contribution >= 0.6 is 0 Å². The molecule has 0 amide bonds. The van der Waals surface area contributed by atoms with E-state index in [0.29, 0.717) is 5.92 Å². The lowest BCUT2D eigenvalue weighted by Gasteiger charge is -2.01. The maximum absolute atomic E-state index is 5.82. The third-order valence-electron chi connectivity index (χ3n) is 3.41. The van der Waals surface area contributed by atoms with E-state index in [2.05, 4.69) is 34.3 Å². The zero-order valence-corrected chi connectivity index (χ0v) is 10.5. The highest BCUT2D eigenvalue weighted by atomic mass is 16.3. The van der Waals surface area contributed by atoms with Crippen LogP contribution in [0.3, 0.4) is 0 Å². The molecule has 4 nitrogen and oxygen atoms in total. The minimum absolute atomic E-state index is 0.653. The van der Waals surface area contributed by atoms with Crippen molar-refractivity contribution in [3.63, 3.8) is 0 Å². The van der Waals surface area contributed by atoms with Gasteiger partial charge in [-0.2, -0.15) is 0 Å². The lowest BCUT2D eigenvalue weighted by atomic mass is 10.3. The Bertz CT molecular complexity index is 509. The predicted octanol–water partition coefficient (Wildman–Crippen LogP) is 2.48. The molecule has 0 aromatic carbocycles. The van der Waals surface area contributed by atoms with E-state index in [9.17, 15) is 0 Å². The van der Waals surface area contributed by atoms with Gasteiger partial charge in [0.25, 0.3) is 0 Å². The van der Waals surface area contributed by atoms with Gasteiger partial charge in [-0.05, 0) is 30.5 Å². The molecule has 2 aromatic heterocycles. The van der Waals surface area contributed by atoms with E-state index in [1.807, 2.05) is 6.07 Å². The highest BCUT2D eigenvalue weighted by Gasteiger charge is 2.36. The molecule has 4 heteroatoms. The molecule has 0 saturated heterocycles. The molecule has 0 aliphatic heterocycles. The Hall–Kier alpha value is -1.68. The van der Waals surface area contributed by atoms with Crippen LogP contribution in [0.4, 0.5) is 0 Å². The number of hydrogen-bond donors (Lipinski definition) is 1. The molecule has 94 valence electrons. The Labute approximate surface area is 106 Å². The summed E-state index contributed by atoms with van der Waals surface area (Å²) in [5.41, 5.74) is 0.993. The standard InChI is InChI=1S/C14H17N3O/c1-10-6-13(10)14-3-2-12(18-14)8-16-7-11-4-5-15-9-17-11/h2-5,9-10,13,16H,6-8H2,1H3. The van der Waals surface area contributed by atoms with Crippen molar-refractivity contribution in [2.24, 2.45) is 5.92 Å². The van der Waals surface area contributed by atoms with Crippen LogP contribution in [0.5, 0.6) is 0 Å². The average Bonchev–Trinajstić information content (AvgIpc) is 2.94. The van der Waals surface area contributed by atoms with Crippen molar-refractivity contribution in [3.8, 4) is 0 Å². The average molecular weight is 243 g/mol. The van der Waals surface area contributed by atoms with Crippen molar-refractivity contribution in [2.75, 3.05) is 0 Å². The van der Waals surface area contributed by atoms with E-state index in [4.69, 9.17) is 4.42 Å². The first-order chi connectivity index (χ1) is 8.83. The summed E-state index contributed by atoms with van der Waals surface area (Å²) in [6.07, 6.45) is 4.58. The van der Waals surface area contributed by atoms with Crippen molar-refractivity contribution < 1.29 is 4.42 Å². The van der Waals surface area contributed by atoms with Gasteiger partial charge in [0, 0.05) is 18.7 Å². The van der Waals surface area contributed by atoms with E-state index >= 15 is 0 Å². The molecule has 18 heavy (non-hydrogen) atoms. The fourth-order valence-corrected chi connectivity index (χ4v) is 2.14. The molecule has 1 fully saturated rings. The van der Waals surface area contributed by atoms with Crippen LogP contribution in [0.1, 0.15) is 36.5 Å². The van der Waals surface area contributed by atoms with Gasteiger partial charge in [0.1, 0.15) is 17.8 Å². The van der Waals surface area contributed by atoms with Crippen LogP contribution in [-0.4, -0.2) is 9.97 Å². The Morgan fingerprint density at radius 3 is 2.94 bits per heavy atom. The highest BCUT2D eigenvalue weighted by Crippen LogP contribution is 2.47. The SMILES string of the molecule is CC1CC1c1ccc(CNCc2ccncn2)o1. The number of furan rings is 1. The summed E-state index contributed by atoms with van der Waals surface area (Å²) >= 11 is 0. The molecule has 2 aromatic rings. The summed E-state index contributed by atoms with van der Waals surface area (Å²) in [5, 5.41) is 3.32. The molecule has 2 heterocycles. The summed E-state index contributed by atoms with van der Waals surface area (Å²) in [6.45, 7) is 3.74. The molecule has 0 bridgehead atoms. The van der Waals surface area contributed by atoms with Gasteiger partial charge in [0.2, 0.25) is 0 Å². The fraction of sp³-hybridized carbons (Fsp3) is 0.429. The third kappa shape index (κ3) is 2.59. The van der Waals surface area contributed by atoms with Crippen molar-refractivity contribution >= 4 is 0 Å². The van der Waals surface area contributed by atoms with Crippen LogP contribution in [0.15, 0.2) is 35.1 Å². The lowest BCUT2D eigenvalue weighted by molar-refractivity contribution is 0.443. The maximum Gasteiger partial charge on any atom is 0.117 e. The minimum Gasteiger partial charge on any atom is -0.464 e. The fourth-order valence-electron chi connectivity index (χ4n) is 2.14. The second-order valence-electron chi connectivity index (χ2n) is 4.93. The maximum atomic E-state index is 5.82. The molecule has 1 N–H and O–H groups in total. The first-order valence-electron chi connectivity index (χ1n) is 6.37. The summed E-state index contributed by atoms with van der Waals surface area (Å²) in [4.78, 5) is 8.05. The van der Waals surface area contributed by atoms with Gasteiger partial charge in [-0.3, -0.25) is 0 Å². The van der Waals surface area contributed by atoms with Gasteiger partial charge in [-0.25, -0.2) is 9.97 Å². The Balaban J connectivity index is 1.50. The molecule has 0 radical (unpaired) electrons. The Morgan fingerprint density at radius 2 is 2.22 bits per heavy atom. The van der Waals surface area contributed by atoms with Crippen LogP contribution in [0.25, 0.3) is 0 Å². The van der Waals surface area contributed by atoms with Crippen LogP contribution in [0, 0.1) is 5.92 Å². The summed E-state index contributed by atoms with van der Waals surface area (Å²) in [5.74, 6) is 3.58. The van der Waals surface area contributed by atoms with Gasteiger partial charge >= 0.3 is 0 Å². The first-order valence-corrected chi connectivity index (χ1v) is 6.37. The molecule has 2 atom stereocenters. The zero-order chi connectivity index (χ0) is 12.4. The molecule has 2 unspecified atom stereocenters. The molecular formula is C14H17N3O. The van der Waals surface area contributed by atoms with Crippen LogP contribution in [0.2, 0.25) is 0 Å². The molecule has 0 spiro atoms. The summed E-state index contributed by atoms with van der Waals surface area (Å²) in [7, 11) is 0. The van der Waals surface area contributed by atoms with E-state index in [0.717, 1.165) is 36.2 Å². The van der Waals surface area contributed by atoms with Crippen LogP contribution < -0.4 is 5.32 Å². The van der Waals surface area contributed by atoms with Gasteiger partial charge in [0.05, 0.1) is 12.2 Å². The van der Waals surface area contributed by atoms with Crippen molar-refractivity contribution in [3.05, 3.63) is 47.9 Å². The molecule has 1 aliphatic rings. The number of rotatable bonds is 5. The van der Waals surface area contributed by atoms with Crippen molar-refractivity contribution in [1.82, 2.24) is 15.3 Å². The van der Waals surface area contributed by atoms with Crippen molar-refractivity contribution in [2.45, 2.75) is 32.4 Å². The Morgan fingerprint density at radius 1 is 1.33 bits per heavy atom. The van der Waals surface area contributed by atoms with Gasteiger partial charge in [-0.15, -0.1) is 0 Å². The third-order valence-corrected chi connectivity index (χ3v) is 3.41. The minimum atomic E-state index is 0.653. The van der Waals surface area contributed by atoms with Gasteiger partial charge in [0.15, 0.2) is 0 Å². The first kappa shape index (κ1) is 11.4. The predicted molar refractivity (Wildman–Crippen MR) is 67.8 cm³/mol. The van der Waals surface area contributed by atoms with Crippen LogP contribution in [-0.2, 0) is 13.1 Å². The highest BCUT2D eigenvalue weighted by molar-refractivity contribution is 5.17. The zero-order valence-electron chi connectivity index (χ0n) is 10.5. The summed E-state index contributed by atoms with van der Waals surface area (Å²) < 4.78 is 5.82. The monoisotopic (exact) mass is 243 g/mol. The number of nitrogens with zero attached hydrogens (tertiary/aromatic N) is 2. The van der Waals surface area contributed by atoms with E-state index in [1.165, 1.54) is 6.42 Å². The quantitative estimate of drug-likeness (QED) is 0.876. The van der Waals surface area contributed by atoms with E-state index < -0.39 is 0 Å². The molecule has 1 aliphatic carbocycles. The topological polar surface area (TPSA) is 51.0 Å². The number of aromatic nitrogens is 2. The summed E-state index contributed by atoms with van der Waals surface area (Å²) in [6, 6.07) is 6.08.